The van der Waals surface area contributed by atoms with Crippen LogP contribution in [0.4, 0.5) is 5.69 Å². The molecule has 0 unspecified atom stereocenters. The zero-order valence-electron chi connectivity index (χ0n) is 15.9. The molecule has 142 valence electrons. The highest BCUT2D eigenvalue weighted by atomic mass is 32.1. The van der Waals surface area contributed by atoms with Crippen molar-refractivity contribution in [2.24, 2.45) is 0 Å². The molecule has 0 radical (unpaired) electrons. The van der Waals surface area contributed by atoms with Crippen LogP contribution < -0.4 is 5.32 Å². The van der Waals surface area contributed by atoms with E-state index in [-0.39, 0.29) is 13.5 Å². The molecule has 1 aliphatic rings. The van der Waals surface area contributed by atoms with Crippen LogP contribution in [0.15, 0.2) is 42.7 Å². The SMILES string of the molecule is Cc1cc(N[C@H]2CCCN(Cc3ccc4nccnc4c3)C2)cc(C)n1.S. The number of aromatic nitrogens is 3. The van der Waals surface area contributed by atoms with Crippen molar-refractivity contribution >= 4 is 30.2 Å². The Kier molecular flexibility index (Phi) is 6.29. The van der Waals surface area contributed by atoms with Gasteiger partial charge in [-0.15, -0.1) is 0 Å². The average molecular weight is 382 g/mol. The van der Waals surface area contributed by atoms with Crippen LogP contribution in [0.1, 0.15) is 29.8 Å². The first-order valence-electron chi connectivity index (χ1n) is 9.29. The molecule has 1 aliphatic heterocycles. The predicted octanol–water partition coefficient (Wildman–Crippen LogP) is 3.83. The summed E-state index contributed by atoms with van der Waals surface area (Å²) in [7, 11) is 0. The molecule has 0 amide bonds. The fraction of sp³-hybridized carbons (Fsp3) is 0.381. The molecule has 1 aromatic carbocycles. The Morgan fingerprint density at radius 2 is 1.78 bits per heavy atom. The van der Waals surface area contributed by atoms with E-state index in [9.17, 15) is 0 Å². The summed E-state index contributed by atoms with van der Waals surface area (Å²) in [6, 6.07) is 11.1. The number of nitrogens with zero attached hydrogens (tertiary/aromatic N) is 4. The molecule has 0 bridgehead atoms. The Labute approximate surface area is 167 Å². The number of nitrogens with one attached hydrogen (secondary N) is 1. The Morgan fingerprint density at radius 3 is 2.56 bits per heavy atom. The highest BCUT2D eigenvalue weighted by Crippen LogP contribution is 2.20. The van der Waals surface area contributed by atoms with Gasteiger partial charge in [-0.1, -0.05) is 6.07 Å². The second-order valence-corrected chi connectivity index (χ2v) is 7.24. The topological polar surface area (TPSA) is 53.9 Å². The van der Waals surface area contributed by atoms with Crippen LogP contribution in [0.2, 0.25) is 0 Å². The molecule has 1 saturated heterocycles. The number of likely N-dealkylation sites (tertiary alicyclic amines) is 1. The van der Waals surface area contributed by atoms with E-state index in [1.54, 1.807) is 12.4 Å². The third-order valence-corrected chi connectivity index (χ3v) is 4.90. The molecule has 1 atom stereocenters. The van der Waals surface area contributed by atoms with Crippen molar-refractivity contribution in [1.82, 2.24) is 19.9 Å². The first-order valence-corrected chi connectivity index (χ1v) is 9.29. The van der Waals surface area contributed by atoms with Crippen molar-refractivity contribution in [3.63, 3.8) is 0 Å². The van der Waals surface area contributed by atoms with Crippen LogP contribution >= 0.6 is 13.5 Å². The zero-order valence-corrected chi connectivity index (χ0v) is 16.9. The normalized spacial score (nSPS) is 17.5. The van der Waals surface area contributed by atoms with Crippen LogP contribution in [0, 0.1) is 13.8 Å². The van der Waals surface area contributed by atoms with Crippen LogP contribution in [0.3, 0.4) is 0 Å². The molecule has 4 rings (SSSR count). The number of piperidine rings is 1. The number of aryl methyl sites for hydroxylation is 2. The first-order chi connectivity index (χ1) is 12.7. The minimum Gasteiger partial charge on any atom is -0.381 e. The smallest absolute Gasteiger partial charge is 0.0890 e. The summed E-state index contributed by atoms with van der Waals surface area (Å²) >= 11 is 0. The van der Waals surface area contributed by atoms with Gasteiger partial charge in [0.05, 0.1) is 11.0 Å². The average Bonchev–Trinajstić information content (AvgIpc) is 2.61. The van der Waals surface area contributed by atoms with Gasteiger partial charge < -0.3 is 5.32 Å². The third-order valence-electron chi connectivity index (χ3n) is 4.90. The fourth-order valence-corrected chi connectivity index (χ4v) is 3.84. The largest absolute Gasteiger partial charge is 0.381 e. The summed E-state index contributed by atoms with van der Waals surface area (Å²) in [5.74, 6) is 0. The minimum absolute atomic E-state index is 0. The molecular formula is C21H27N5S. The molecule has 27 heavy (non-hydrogen) atoms. The molecule has 3 heterocycles. The molecule has 3 aromatic rings. The lowest BCUT2D eigenvalue weighted by atomic mass is 10.0. The lowest BCUT2D eigenvalue weighted by molar-refractivity contribution is 0.208. The summed E-state index contributed by atoms with van der Waals surface area (Å²) in [6.45, 7) is 7.26. The zero-order chi connectivity index (χ0) is 17.9. The fourth-order valence-electron chi connectivity index (χ4n) is 3.84. The van der Waals surface area contributed by atoms with Crippen molar-refractivity contribution in [3.8, 4) is 0 Å². The number of pyridine rings is 1. The van der Waals surface area contributed by atoms with E-state index in [0.717, 1.165) is 42.1 Å². The van der Waals surface area contributed by atoms with E-state index in [1.807, 2.05) is 13.8 Å². The van der Waals surface area contributed by atoms with Crippen LogP contribution in [0.25, 0.3) is 11.0 Å². The Balaban J connectivity index is 0.00000210. The maximum Gasteiger partial charge on any atom is 0.0890 e. The van der Waals surface area contributed by atoms with Gasteiger partial charge >= 0.3 is 0 Å². The number of fused-ring (bicyclic) bond motifs is 1. The molecule has 2 aromatic heterocycles. The van der Waals surface area contributed by atoms with Crippen LogP contribution in [-0.4, -0.2) is 39.0 Å². The molecule has 5 nitrogen and oxygen atoms in total. The van der Waals surface area contributed by atoms with Gasteiger partial charge in [-0.05, 0) is 63.1 Å². The summed E-state index contributed by atoms with van der Waals surface area (Å²) in [6.07, 6.45) is 5.92. The van der Waals surface area contributed by atoms with Gasteiger partial charge in [0.1, 0.15) is 0 Å². The van der Waals surface area contributed by atoms with Crippen molar-refractivity contribution in [2.75, 3.05) is 18.4 Å². The second kappa shape index (κ2) is 8.67. The lowest BCUT2D eigenvalue weighted by Crippen LogP contribution is -2.41. The van der Waals surface area contributed by atoms with E-state index in [0.29, 0.717) is 6.04 Å². The monoisotopic (exact) mass is 381 g/mol. The van der Waals surface area contributed by atoms with Crippen molar-refractivity contribution in [3.05, 3.63) is 59.7 Å². The number of benzene rings is 1. The predicted molar refractivity (Wildman–Crippen MR) is 116 cm³/mol. The van der Waals surface area contributed by atoms with E-state index < -0.39 is 0 Å². The Hall–Kier alpha value is -2.18. The Morgan fingerprint density at radius 1 is 1.04 bits per heavy atom. The Bertz CT molecular complexity index is 894. The second-order valence-electron chi connectivity index (χ2n) is 7.24. The van der Waals surface area contributed by atoms with E-state index >= 15 is 0 Å². The highest BCUT2D eigenvalue weighted by molar-refractivity contribution is 7.59. The number of hydrogen-bond donors (Lipinski definition) is 1. The molecule has 1 fully saturated rings. The quantitative estimate of drug-likeness (QED) is 0.744. The van der Waals surface area contributed by atoms with Gasteiger partial charge in [-0.2, -0.15) is 13.5 Å². The molecule has 0 spiro atoms. The van der Waals surface area contributed by atoms with Gasteiger partial charge in [0.25, 0.3) is 0 Å². The molecular weight excluding hydrogens is 354 g/mol. The molecule has 0 saturated carbocycles. The minimum atomic E-state index is 0. The highest BCUT2D eigenvalue weighted by Gasteiger charge is 2.20. The summed E-state index contributed by atoms with van der Waals surface area (Å²) < 4.78 is 0. The van der Waals surface area contributed by atoms with E-state index in [1.165, 1.54) is 24.1 Å². The van der Waals surface area contributed by atoms with Gasteiger partial charge in [-0.3, -0.25) is 19.9 Å². The van der Waals surface area contributed by atoms with Crippen molar-refractivity contribution < 1.29 is 0 Å². The number of hydrogen-bond acceptors (Lipinski definition) is 5. The maximum atomic E-state index is 4.46. The first kappa shape index (κ1) is 19.6. The summed E-state index contributed by atoms with van der Waals surface area (Å²) in [5, 5.41) is 3.70. The summed E-state index contributed by atoms with van der Waals surface area (Å²) in [4.78, 5) is 15.8. The van der Waals surface area contributed by atoms with Gasteiger partial charge in [0, 0.05) is 48.6 Å². The number of rotatable bonds is 4. The van der Waals surface area contributed by atoms with Gasteiger partial charge in [-0.25, -0.2) is 0 Å². The number of anilines is 1. The maximum absolute atomic E-state index is 4.46. The summed E-state index contributed by atoms with van der Waals surface area (Å²) in [5.41, 5.74) is 6.55. The molecule has 0 aliphatic carbocycles. The van der Waals surface area contributed by atoms with Gasteiger partial charge in [0.2, 0.25) is 0 Å². The lowest BCUT2D eigenvalue weighted by Gasteiger charge is -2.33. The molecule has 1 N–H and O–H groups in total. The van der Waals surface area contributed by atoms with Crippen molar-refractivity contribution in [1.29, 1.82) is 0 Å². The standard InChI is InChI=1S/C21H25N5.H2S/c1-15-10-19(11-16(2)24-15)25-18-4-3-9-26(14-18)13-17-5-6-20-21(12-17)23-8-7-22-20;/h5-8,10-12,18H,3-4,9,13-14H2,1-2H3,(H,24,25);1H2/t18-;/m0./s1. The van der Waals surface area contributed by atoms with E-state index in [4.69, 9.17) is 0 Å². The van der Waals surface area contributed by atoms with Gasteiger partial charge in [0.15, 0.2) is 0 Å². The third kappa shape index (κ3) is 4.96. The van der Waals surface area contributed by atoms with Crippen LogP contribution in [-0.2, 0) is 6.54 Å². The van der Waals surface area contributed by atoms with E-state index in [2.05, 4.69) is 55.5 Å². The van der Waals surface area contributed by atoms with Crippen LogP contribution in [0.5, 0.6) is 0 Å². The van der Waals surface area contributed by atoms with Crippen molar-refractivity contribution in [2.45, 2.75) is 39.3 Å². The molecule has 6 heteroatoms.